The fraction of sp³-hybridized carbons (Fsp3) is 0.571. The number of anilines is 1. The van der Waals surface area contributed by atoms with Gasteiger partial charge in [0, 0.05) is 23.4 Å². The van der Waals surface area contributed by atoms with E-state index in [1.54, 1.807) is 0 Å². The van der Waals surface area contributed by atoms with Crippen molar-refractivity contribution >= 4 is 5.69 Å². The van der Waals surface area contributed by atoms with E-state index in [9.17, 15) is 5.11 Å². The lowest BCUT2D eigenvalue weighted by atomic mass is 9.73. The predicted molar refractivity (Wildman–Crippen MR) is 101 cm³/mol. The minimum absolute atomic E-state index is 0.0490. The average molecular weight is 356 g/mol. The molecule has 1 aliphatic carbocycles. The van der Waals surface area contributed by atoms with Crippen molar-refractivity contribution in [2.75, 3.05) is 25.1 Å². The lowest BCUT2D eigenvalue weighted by Gasteiger charge is -2.40. The van der Waals surface area contributed by atoms with Crippen molar-refractivity contribution in [1.82, 2.24) is 5.16 Å². The normalized spacial score (nSPS) is 23.0. The Balaban J connectivity index is 1.79. The summed E-state index contributed by atoms with van der Waals surface area (Å²) in [6.45, 7) is 5.13. The van der Waals surface area contributed by atoms with Gasteiger partial charge in [0.05, 0.1) is 18.9 Å². The maximum absolute atomic E-state index is 9.40. The highest BCUT2D eigenvalue weighted by molar-refractivity contribution is 5.73. The van der Waals surface area contributed by atoms with Gasteiger partial charge < -0.3 is 19.7 Å². The fourth-order valence-corrected chi connectivity index (χ4v) is 4.83. The molecule has 1 unspecified atom stereocenters. The molecule has 1 aromatic carbocycles. The van der Waals surface area contributed by atoms with Crippen LogP contribution < -0.4 is 5.32 Å². The van der Waals surface area contributed by atoms with Gasteiger partial charge in [-0.25, -0.2) is 0 Å². The Morgan fingerprint density at radius 2 is 2.08 bits per heavy atom. The van der Waals surface area contributed by atoms with E-state index in [0.29, 0.717) is 12.5 Å². The molecule has 1 saturated carbocycles. The van der Waals surface area contributed by atoms with Crippen LogP contribution in [-0.2, 0) is 10.3 Å². The molecule has 4 rings (SSSR count). The highest BCUT2D eigenvalue weighted by Crippen LogP contribution is 2.49. The zero-order chi connectivity index (χ0) is 18.1. The summed E-state index contributed by atoms with van der Waals surface area (Å²) in [6.07, 6.45) is 6.19. The van der Waals surface area contributed by atoms with Crippen molar-refractivity contribution in [3.8, 4) is 11.1 Å². The second-order valence-corrected chi connectivity index (χ2v) is 7.61. The summed E-state index contributed by atoms with van der Waals surface area (Å²) in [4.78, 5) is 0. The van der Waals surface area contributed by atoms with Crippen molar-refractivity contribution in [1.29, 1.82) is 0 Å². The van der Waals surface area contributed by atoms with Crippen molar-refractivity contribution < 1.29 is 14.4 Å². The Bertz CT molecular complexity index is 760. The molecule has 5 nitrogen and oxygen atoms in total. The van der Waals surface area contributed by atoms with E-state index in [0.717, 1.165) is 34.8 Å². The van der Waals surface area contributed by atoms with Crippen LogP contribution in [0.15, 0.2) is 22.7 Å². The second kappa shape index (κ2) is 7.05. The van der Waals surface area contributed by atoms with Gasteiger partial charge in [0.1, 0.15) is 11.4 Å². The highest BCUT2D eigenvalue weighted by atomic mass is 16.5. The van der Waals surface area contributed by atoms with E-state index in [4.69, 9.17) is 9.26 Å². The lowest BCUT2D eigenvalue weighted by molar-refractivity contribution is -0.0976. The minimum Gasteiger partial charge on any atom is -0.394 e. The number of aliphatic hydroxyl groups is 1. The Hall–Kier alpha value is -1.85. The number of hydrogen-bond acceptors (Lipinski definition) is 5. The third kappa shape index (κ3) is 2.83. The number of benzene rings is 1. The van der Waals surface area contributed by atoms with Crippen LogP contribution in [0.1, 0.15) is 49.1 Å². The van der Waals surface area contributed by atoms with Crippen LogP contribution in [0, 0.1) is 19.8 Å². The van der Waals surface area contributed by atoms with Gasteiger partial charge >= 0.3 is 0 Å². The number of aryl methyl sites for hydroxylation is 2. The molecule has 0 bridgehead atoms. The molecule has 26 heavy (non-hydrogen) atoms. The van der Waals surface area contributed by atoms with Gasteiger partial charge in [-0.1, -0.05) is 30.5 Å². The van der Waals surface area contributed by atoms with Gasteiger partial charge in [0.2, 0.25) is 0 Å². The molecule has 0 saturated heterocycles. The SMILES string of the molecule is Cc1noc(C)c1-c1ccc2c(c1)C(OCCO)(C1CCCCC1)CN2. The number of ether oxygens (including phenoxy) is 1. The molecule has 2 aliphatic rings. The average Bonchev–Trinajstić information content (AvgIpc) is 3.21. The molecule has 1 atom stereocenters. The smallest absolute Gasteiger partial charge is 0.141 e. The quantitative estimate of drug-likeness (QED) is 0.842. The number of nitrogens with one attached hydrogen (secondary N) is 1. The fourth-order valence-electron chi connectivity index (χ4n) is 4.83. The van der Waals surface area contributed by atoms with Crippen LogP contribution >= 0.6 is 0 Å². The van der Waals surface area contributed by atoms with Crippen molar-refractivity contribution in [2.45, 2.75) is 51.6 Å². The van der Waals surface area contributed by atoms with Gasteiger partial charge in [-0.15, -0.1) is 0 Å². The van der Waals surface area contributed by atoms with E-state index in [2.05, 4.69) is 28.7 Å². The third-order valence-electron chi connectivity index (χ3n) is 6.05. The highest BCUT2D eigenvalue weighted by Gasteiger charge is 2.46. The summed E-state index contributed by atoms with van der Waals surface area (Å²) in [5.41, 5.74) is 5.11. The minimum atomic E-state index is -0.354. The van der Waals surface area contributed by atoms with E-state index in [1.807, 2.05) is 13.8 Å². The topological polar surface area (TPSA) is 67.5 Å². The van der Waals surface area contributed by atoms with E-state index in [-0.39, 0.29) is 12.2 Å². The summed E-state index contributed by atoms with van der Waals surface area (Å²) in [5.74, 6) is 1.32. The van der Waals surface area contributed by atoms with Gasteiger partial charge in [-0.05, 0) is 50.3 Å². The number of fused-ring (bicyclic) bond motifs is 1. The van der Waals surface area contributed by atoms with Crippen molar-refractivity contribution in [3.63, 3.8) is 0 Å². The van der Waals surface area contributed by atoms with Gasteiger partial charge in [-0.3, -0.25) is 0 Å². The molecule has 1 aliphatic heterocycles. The first-order valence-corrected chi connectivity index (χ1v) is 9.72. The van der Waals surface area contributed by atoms with Crippen LogP contribution in [0.2, 0.25) is 0 Å². The molecule has 1 aromatic heterocycles. The van der Waals surface area contributed by atoms with Crippen LogP contribution in [0.5, 0.6) is 0 Å². The molecule has 140 valence electrons. The summed E-state index contributed by atoms with van der Waals surface area (Å²) in [5, 5.41) is 17.1. The zero-order valence-corrected chi connectivity index (χ0v) is 15.7. The monoisotopic (exact) mass is 356 g/mol. The van der Waals surface area contributed by atoms with E-state index >= 15 is 0 Å². The largest absolute Gasteiger partial charge is 0.394 e. The van der Waals surface area contributed by atoms with Crippen LogP contribution in [0.4, 0.5) is 5.69 Å². The molecule has 5 heteroatoms. The molecule has 2 aromatic rings. The van der Waals surface area contributed by atoms with Crippen LogP contribution in [-0.4, -0.2) is 30.0 Å². The van der Waals surface area contributed by atoms with Crippen LogP contribution in [0.25, 0.3) is 11.1 Å². The molecule has 2 heterocycles. The Labute approximate surface area is 154 Å². The second-order valence-electron chi connectivity index (χ2n) is 7.61. The zero-order valence-electron chi connectivity index (χ0n) is 15.7. The van der Waals surface area contributed by atoms with Gasteiger partial charge in [-0.2, -0.15) is 0 Å². The summed E-state index contributed by atoms with van der Waals surface area (Å²) in [6, 6.07) is 6.51. The molecule has 2 N–H and O–H groups in total. The Kier molecular flexibility index (Phi) is 4.76. The maximum Gasteiger partial charge on any atom is 0.141 e. The number of aliphatic hydroxyl groups excluding tert-OH is 1. The van der Waals surface area contributed by atoms with Crippen molar-refractivity contribution in [2.24, 2.45) is 5.92 Å². The van der Waals surface area contributed by atoms with Crippen molar-refractivity contribution in [3.05, 3.63) is 35.2 Å². The van der Waals surface area contributed by atoms with E-state index in [1.165, 1.54) is 37.7 Å². The first-order valence-electron chi connectivity index (χ1n) is 9.72. The summed E-state index contributed by atoms with van der Waals surface area (Å²) < 4.78 is 11.8. The van der Waals surface area contributed by atoms with E-state index < -0.39 is 0 Å². The molecule has 0 radical (unpaired) electrons. The first kappa shape index (κ1) is 17.6. The summed E-state index contributed by atoms with van der Waals surface area (Å²) in [7, 11) is 0. The maximum atomic E-state index is 9.40. The summed E-state index contributed by atoms with van der Waals surface area (Å²) >= 11 is 0. The predicted octanol–water partition coefficient (Wildman–Crippen LogP) is 4.17. The Morgan fingerprint density at radius 3 is 2.77 bits per heavy atom. The third-order valence-corrected chi connectivity index (χ3v) is 6.05. The van der Waals surface area contributed by atoms with Gasteiger partial charge in [0.15, 0.2) is 0 Å². The first-order chi connectivity index (χ1) is 12.7. The number of rotatable bonds is 5. The van der Waals surface area contributed by atoms with Crippen LogP contribution in [0.3, 0.4) is 0 Å². The standard InChI is InChI=1S/C21H28N2O3/c1-14-20(15(2)26-23-14)16-8-9-19-18(12-16)21(13-22-19,25-11-10-24)17-6-4-3-5-7-17/h8-9,12,17,22,24H,3-7,10-11,13H2,1-2H3. The molecular formula is C21H28N2O3. The molecule has 0 spiro atoms. The number of nitrogens with zero attached hydrogens (tertiary/aromatic N) is 1. The Morgan fingerprint density at radius 1 is 1.27 bits per heavy atom. The molecular weight excluding hydrogens is 328 g/mol. The number of aromatic nitrogens is 1. The lowest BCUT2D eigenvalue weighted by Crippen LogP contribution is -2.42. The molecule has 0 amide bonds. The number of hydrogen-bond donors (Lipinski definition) is 2. The van der Waals surface area contributed by atoms with Gasteiger partial charge in [0.25, 0.3) is 0 Å². The molecule has 1 fully saturated rings.